The molecule has 7 heteroatoms. The van der Waals surface area contributed by atoms with Crippen molar-refractivity contribution in [3.63, 3.8) is 0 Å². The number of nitrogens with zero attached hydrogens (tertiary/aromatic N) is 4. The van der Waals surface area contributed by atoms with E-state index in [4.69, 9.17) is 9.98 Å². The van der Waals surface area contributed by atoms with Crippen LogP contribution in [0.5, 0.6) is 0 Å². The van der Waals surface area contributed by atoms with E-state index in [-0.39, 0.29) is 24.0 Å². The summed E-state index contributed by atoms with van der Waals surface area (Å²) in [5, 5.41) is 6.90. The van der Waals surface area contributed by atoms with Crippen LogP contribution in [0.3, 0.4) is 0 Å². The summed E-state index contributed by atoms with van der Waals surface area (Å²) in [7, 11) is 0. The summed E-state index contributed by atoms with van der Waals surface area (Å²) in [5.74, 6) is 1.78. The van der Waals surface area contributed by atoms with Gasteiger partial charge in [-0.1, -0.05) is 30.3 Å². The molecular formula is C23H34IN5S. The molecule has 1 unspecified atom stereocenters. The van der Waals surface area contributed by atoms with Crippen molar-refractivity contribution >= 4 is 46.4 Å². The molecule has 3 heterocycles. The molecule has 0 saturated carbocycles. The molecule has 1 aromatic heterocycles. The topological polar surface area (TPSA) is 43.8 Å². The van der Waals surface area contributed by atoms with Gasteiger partial charge in [-0.3, -0.25) is 4.99 Å². The summed E-state index contributed by atoms with van der Waals surface area (Å²) in [6.45, 7) is 8.37. The molecule has 0 amide bonds. The van der Waals surface area contributed by atoms with Crippen molar-refractivity contribution in [3.8, 4) is 0 Å². The van der Waals surface area contributed by atoms with Gasteiger partial charge in [0.1, 0.15) is 0 Å². The van der Waals surface area contributed by atoms with Crippen molar-refractivity contribution in [2.45, 2.75) is 39.0 Å². The first-order chi connectivity index (χ1) is 14.3. The number of benzene rings is 1. The maximum absolute atomic E-state index is 4.92. The molecule has 30 heavy (non-hydrogen) atoms. The lowest BCUT2D eigenvalue weighted by Gasteiger charge is -2.21. The normalized spacial score (nSPS) is 19.2. The van der Waals surface area contributed by atoms with Crippen molar-refractivity contribution < 1.29 is 0 Å². The van der Waals surface area contributed by atoms with Crippen LogP contribution in [0.4, 0.5) is 5.13 Å². The van der Waals surface area contributed by atoms with E-state index in [9.17, 15) is 0 Å². The average Bonchev–Trinajstić information content (AvgIpc) is 3.50. The highest BCUT2D eigenvalue weighted by Crippen LogP contribution is 2.25. The number of hydrogen-bond acceptors (Lipinski definition) is 4. The van der Waals surface area contributed by atoms with Crippen molar-refractivity contribution in [2.75, 3.05) is 44.2 Å². The minimum absolute atomic E-state index is 0. The van der Waals surface area contributed by atoms with Gasteiger partial charge >= 0.3 is 0 Å². The molecule has 1 N–H and O–H groups in total. The van der Waals surface area contributed by atoms with Crippen molar-refractivity contribution in [3.05, 3.63) is 47.0 Å². The molecule has 2 aliphatic heterocycles. The van der Waals surface area contributed by atoms with Crippen LogP contribution in [0.1, 0.15) is 37.4 Å². The quantitative estimate of drug-likeness (QED) is 0.321. The third-order valence-electron chi connectivity index (χ3n) is 5.83. The molecule has 2 aromatic rings. The van der Waals surface area contributed by atoms with E-state index in [1.165, 1.54) is 35.7 Å². The first kappa shape index (κ1) is 23.3. The molecule has 0 radical (unpaired) electrons. The Labute approximate surface area is 202 Å². The molecule has 164 valence electrons. The zero-order valence-corrected chi connectivity index (χ0v) is 21.1. The fourth-order valence-corrected chi connectivity index (χ4v) is 5.22. The number of aliphatic imine (C=N–C) groups is 1. The molecule has 0 aliphatic carbocycles. The van der Waals surface area contributed by atoms with Gasteiger partial charge in [0.05, 0.1) is 5.69 Å². The van der Waals surface area contributed by atoms with Crippen LogP contribution in [-0.4, -0.2) is 55.1 Å². The summed E-state index contributed by atoms with van der Waals surface area (Å²) in [5.41, 5.74) is 2.62. The summed E-state index contributed by atoms with van der Waals surface area (Å²) in [4.78, 5) is 14.6. The Kier molecular flexibility index (Phi) is 9.24. The van der Waals surface area contributed by atoms with Gasteiger partial charge in [0.25, 0.3) is 0 Å². The number of anilines is 1. The highest BCUT2D eigenvalue weighted by Gasteiger charge is 2.25. The highest BCUT2D eigenvalue weighted by molar-refractivity contribution is 14.0. The third kappa shape index (κ3) is 6.33. The van der Waals surface area contributed by atoms with Crippen molar-refractivity contribution in [1.29, 1.82) is 0 Å². The van der Waals surface area contributed by atoms with E-state index in [1.807, 2.05) is 0 Å². The standard InChI is InChI=1S/C23H33N5S.HI/c1-2-24-22(28-15-11-20(17-28)16-19-8-4-3-5-9-19)25-12-10-21-18-29-23(26-21)27-13-6-7-14-27;/h3-5,8-9,18,20H,2,6-7,10-17H2,1H3,(H,24,25);1H. The summed E-state index contributed by atoms with van der Waals surface area (Å²) < 4.78 is 0. The predicted octanol–water partition coefficient (Wildman–Crippen LogP) is 4.43. The van der Waals surface area contributed by atoms with E-state index in [0.29, 0.717) is 5.92 Å². The van der Waals surface area contributed by atoms with Gasteiger partial charge in [0.2, 0.25) is 0 Å². The maximum Gasteiger partial charge on any atom is 0.193 e. The van der Waals surface area contributed by atoms with Gasteiger partial charge in [0.15, 0.2) is 11.1 Å². The maximum atomic E-state index is 4.92. The number of halogens is 1. The first-order valence-electron chi connectivity index (χ1n) is 11.1. The SMILES string of the molecule is CCNC(=NCCc1csc(N2CCCC2)n1)N1CCC(Cc2ccccc2)C1.I. The molecule has 4 rings (SSSR count). The molecule has 2 saturated heterocycles. The Morgan fingerprint density at radius 3 is 2.77 bits per heavy atom. The molecule has 0 bridgehead atoms. The molecule has 0 spiro atoms. The fraction of sp³-hybridized carbons (Fsp3) is 0.565. The Hall–Kier alpha value is -1.35. The molecule has 2 fully saturated rings. The zero-order chi connectivity index (χ0) is 19.9. The van der Waals surface area contributed by atoms with Gasteiger partial charge in [0, 0.05) is 51.1 Å². The molecule has 1 aromatic carbocycles. The fourth-order valence-electron chi connectivity index (χ4n) is 4.31. The van der Waals surface area contributed by atoms with Crippen LogP contribution in [-0.2, 0) is 12.8 Å². The van der Waals surface area contributed by atoms with Crippen LogP contribution in [0.2, 0.25) is 0 Å². The van der Waals surface area contributed by atoms with Crippen LogP contribution in [0.25, 0.3) is 0 Å². The lowest BCUT2D eigenvalue weighted by Crippen LogP contribution is -2.40. The first-order valence-corrected chi connectivity index (χ1v) is 12.0. The number of nitrogens with one attached hydrogen (secondary N) is 1. The van der Waals surface area contributed by atoms with Gasteiger partial charge in [-0.25, -0.2) is 4.98 Å². The lowest BCUT2D eigenvalue weighted by molar-refractivity contribution is 0.460. The second kappa shape index (κ2) is 11.9. The second-order valence-corrected chi connectivity index (χ2v) is 8.93. The van der Waals surface area contributed by atoms with E-state index < -0.39 is 0 Å². The Morgan fingerprint density at radius 2 is 2.00 bits per heavy atom. The third-order valence-corrected chi connectivity index (χ3v) is 6.78. The monoisotopic (exact) mass is 539 g/mol. The molecule has 2 aliphatic rings. The smallest absolute Gasteiger partial charge is 0.193 e. The van der Waals surface area contributed by atoms with Crippen molar-refractivity contribution in [2.24, 2.45) is 10.9 Å². The van der Waals surface area contributed by atoms with Gasteiger partial charge in [-0.2, -0.15) is 0 Å². The van der Waals surface area contributed by atoms with Crippen molar-refractivity contribution in [1.82, 2.24) is 15.2 Å². The minimum Gasteiger partial charge on any atom is -0.357 e. The predicted molar refractivity (Wildman–Crippen MR) is 138 cm³/mol. The Balaban J connectivity index is 0.00000256. The number of aromatic nitrogens is 1. The molecular weight excluding hydrogens is 505 g/mol. The highest BCUT2D eigenvalue weighted by atomic mass is 127. The number of rotatable bonds is 7. The minimum atomic E-state index is 0. The van der Waals surface area contributed by atoms with Crippen LogP contribution in [0, 0.1) is 5.92 Å². The largest absolute Gasteiger partial charge is 0.357 e. The van der Waals surface area contributed by atoms with Crippen LogP contribution >= 0.6 is 35.3 Å². The van der Waals surface area contributed by atoms with E-state index in [0.717, 1.165) is 58.1 Å². The molecule has 1 atom stereocenters. The zero-order valence-electron chi connectivity index (χ0n) is 17.9. The number of hydrogen-bond donors (Lipinski definition) is 1. The van der Waals surface area contributed by atoms with Crippen LogP contribution in [0.15, 0.2) is 40.7 Å². The van der Waals surface area contributed by atoms with Gasteiger partial charge in [-0.15, -0.1) is 35.3 Å². The average molecular weight is 540 g/mol. The summed E-state index contributed by atoms with van der Waals surface area (Å²) in [6.07, 6.45) is 5.92. The van der Waals surface area contributed by atoms with E-state index in [1.54, 1.807) is 11.3 Å². The molecule has 5 nitrogen and oxygen atoms in total. The Morgan fingerprint density at radius 1 is 1.20 bits per heavy atom. The number of thiazole rings is 1. The number of guanidine groups is 1. The second-order valence-electron chi connectivity index (χ2n) is 8.09. The Bertz CT molecular complexity index is 788. The van der Waals surface area contributed by atoms with Gasteiger partial charge < -0.3 is 15.1 Å². The van der Waals surface area contributed by atoms with E-state index >= 15 is 0 Å². The van der Waals surface area contributed by atoms with Crippen LogP contribution < -0.4 is 10.2 Å². The summed E-state index contributed by atoms with van der Waals surface area (Å²) in [6, 6.07) is 10.9. The lowest BCUT2D eigenvalue weighted by atomic mass is 9.99. The van der Waals surface area contributed by atoms with E-state index in [2.05, 4.69) is 57.8 Å². The number of likely N-dealkylation sites (tertiary alicyclic amines) is 1. The van der Waals surface area contributed by atoms with Gasteiger partial charge in [-0.05, 0) is 44.1 Å². The summed E-state index contributed by atoms with van der Waals surface area (Å²) >= 11 is 1.78.